The molecule has 0 rings (SSSR count). The molecule has 0 amide bonds. The Labute approximate surface area is 68.7 Å². The second-order valence-corrected chi connectivity index (χ2v) is 2.57. The summed E-state index contributed by atoms with van der Waals surface area (Å²) in [6.07, 6.45) is 4.92. The maximum Gasteiger partial charge on any atom is 0.133 e. The van der Waals surface area contributed by atoms with Gasteiger partial charge in [0.05, 0.1) is 0 Å². The normalized spacial score (nSPS) is 9.55. The Morgan fingerprint density at radius 1 is 1.55 bits per heavy atom. The van der Waals surface area contributed by atoms with Crippen LogP contribution in [0.1, 0.15) is 25.7 Å². The SMILES string of the molecule is C=CCCC(=O)CCCNC. The Morgan fingerprint density at radius 2 is 2.27 bits per heavy atom. The molecule has 0 saturated heterocycles. The van der Waals surface area contributed by atoms with Crippen LogP contribution in [0.15, 0.2) is 12.7 Å². The quantitative estimate of drug-likeness (QED) is 0.446. The second-order valence-electron chi connectivity index (χ2n) is 2.57. The van der Waals surface area contributed by atoms with Gasteiger partial charge in [-0.1, -0.05) is 6.08 Å². The highest BCUT2D eigenvalue weighted by Crippen LogP contribution is 1.97. The lowest BCUT2D eigenvalue weighted by Gasteiger charge is -1.97. The summed E-state index contributed by atoms with van der Waals surface area (Å²) >= 11 is 0. The molecule has 0 aromatic heterocycles. The Bertz CT molecular complexity index is 121. The number of carbonyl (C=O) groups excluding carboxylic acids is 1. The van der Waals surface area contributed by atoms with E-state index in [1.807, 2.05) is 7.05 Å². The van der Waals surface area contributed by atoms with Gasteiger partial charge in [0.15, 0.2) is 0 Å². The van der Waals surface area contributed by atoms with Crippen molar-refractivity contribution >= 4 is 5.78 Å². The lowest BCUT2D eigenvalue weighted by atomic mass is 10.1. The zero-order chi connectivity index (χ0) is 8.53. The molecule has 0 aliphatic heterocycles. The molecule has 0 aromatic rings. The molecule has 0 unspecified atom stereocenters. The average molecular weight is 155 g/mol. The van der Waals surface area contributed by atoms with Gasteiger partial charge in [-0.05, 0) is 26.4 Å². The molecule has 11 heavy (non-hydrogen) atoms. The maximum absolute atomic E-state index is 11.0. The van der Waals surface area contributed by atoms with Gasteiger partial charge in [-0.25, -0.2) is 0 Å². The van der Waals surface area contributed by atoms with Gasteiger partial charge in [0, 0.05) is 12.8 Å². The largest absolute Gasteiger partial charge is 0.320 e. The van der Waals surface area contributed by atoms with Crippen molar-refractivity contribution in [3.8, 4) is 0 Å². The van der Waals surface area contributed by atoms with Gasteiger partial charge in [-0.2, -0.15) is 0 Å². The first-order chi connectivity index (χ1) is 5.31. The third-order valence-electron chi connectivity index (χ3n) is 1.51. The minimum atomic E-state index is 0.347. The Morgan fingerprint density at radius 3 is 2.82 bits per heavy atom. The fourth-order valence-electron chi connectivity index (χ4n) is 0.850. The van der Waals surface area contributed by atoms with E-state index in [1.165, 1.54) is 0 Å². The highest BCUT2D eigenvalue weighted by molar-refractivity contribution is 5.78. The summed E-state index contributed by atoms with van der Waals surface area (Å²) in [5, 5.41) is 3.01. The van der Waals surface area contributed by atoms with E-state index in [1.54, 1.807) is 6.08 Å². The van der Waals surface area contributed by atoms with Crippen molar-refractivity contribution in [3.63, 3.8) is 0 Å². The third-order valence-corrected chi connectivity index (χ3v) is 1.51. The van der Waals surface area contributed by atoms with Crippen LogP contribution in [-0.4, -0.2) is 19.4 Å². The van der Waals surface area contributed by atoms with E-state index >= 15 is 0 Å². The second kappa shape index (κ2) is 7.48. The smallest absolute Gasteiger partial charge is 0.133 e. The van der Waals surface area contributed by atoms with E-state index < -0.39 is 0 Å². The number of rotatable bonds is 7. The predicted molar refractivity (Wildman–Crippen MR) is 47.6 cm³/mol. The number of allylic oxidation sites excluding steroid dienone is 1. The molecule has 1 N–H and O–H groups in total. The molecule has 0 fully saturated rings. The number of hydrogen-bond donors (Lipinski definition) is 1. The molecule has 0 atom stereocenters. The van der Waals surface area contributed by atoms with Crippen LogP contribution in [0.2, 0.25) is 0 Å². The Hall–Kier alpha value is -0.630. The van der Waals surface area contributed by atoms with Crippen molar-refractivity contribution in [2.24, 2.45) is 0 Å². The molecule has 0 bridgehead atoms. The topological polar surface area (TPSA) is 29.1 Å². The lowest BCUT2D eigenvalue weighted by Crippen LogP contribution is -2.09. The fourth-order valence-corrected chi connectivity index (χ4v) is 0.850. The van der Waals surface area contributed by atoms with E-state index in [9.17, 15) is 4.79 Å². The van der Waals surface area contributed by atoms with Crippen LogP contribution in [0, 0.1) is 0 Å². The number of hydrogen-bond acceptors (Lipinski definition) is 2. The molecular weight excluding hydrogens is 138 g/mol. The number of Topliss-reactive ketones (excluding diaryl/α,β-unsaturated/α-hetero) is 1. The van der Waals surface area contributed by atoms with Crippen LogP contribution in [0.3, 0.4) is 0 Å². The molecule has 0 spiro atoms. The third kappa shape index (κ3) is 7.26. The molecule has 0 heterocycles. The summed E-state index contributed by atoms with van der Waals surface area (Å²) < 4.78 is 0. The molecular formula is C9H17NO. The summed E-state index contributed by atoms with van der Waals surface area (Å²) in [5.41, 5.74) is 0. The molecule has 2 nitrogen and oxygen atoms in total. The molecule has 0 saturated carbocycles. The number of nitrogens with one attached hydrogen (secondary N) is 1. The summed E-state index contributed by atoms with van der Waals surface area (Å²) in [6.45, 7) is 4.49. The predicted octanol–water partition coefficient (Wildman–Crippen LogP) is 1.52. The van der Waals surface area contributed by atoms with E-state index in [0.29, 0.717) is 18.6 Å². The summed E-state index contributed by atoms with van der Waals surface area (Å²) in [5.74, 6) is 0.347. The fraction of sp³-hybridized carbons (Fsp3) is 0.667. The van der Waals surface area contributed by atoms with Gasteiger partial charge in [-0.3, -0.25) is 4.79 Å². The van der Waals surface area contributed by atoms with Gasteiger partial charge in [-0.15, -0.1) is 6.58 Å². The minimum Gasteiger partial charge on any atom is -0.320 e. The van der Waals surface area contributed by atoms with E-state index in [0.717, 1.165) is 19.4 Å². The highest BCUT2D eigenvalue weighted by atomic mass is 16.1. The van der Waals surface area contributed by atoms with Crippen LogP contribution in [-0.2, 0) is 4.79 Å². The van der Waals surface area contributed by atoms with Crippen LogP contribution >= 0.6 is 0 Å². The standard InChI is InChI=1S/C9H17NO/c1-3-4-6-9(11)7-5-8-10-2/h3,10H,1,4-8H2,2H3. The van der Waals surface area contributed by atoms with Crippen molar-refractivity contribution in [3.05, 3.63) is 12.7 Å². The summed E-state index contributed by atoms with van der Waals surface area (Å²) in [7, 11) is 1.90. The molecule has 0 radical (unpaired) electrons. The van der Waals surface area contributed by atoms with E-state index in [4.69, 9.17) is 0 Å². The first-order valence-corrected chi connectivity index (χ1v) is 4.08. The summed E-state index contributed by atoms with van der Waals surface area (Å²) in [6, 6.07) is 0. The Balaban J connectivity index is 3.15. The van der Waals surface area contributed by atoms with Crippen LogP contribution in [0.4, 0.5) is 0 Å². The van der Waals surface area contributed by atoms with Crippen LogP contribution in [0.25, 0.3) is 0 Å². The van der Waals surface area contributed by atoms with Gasteiger partial charge in [0.2, 0.25) is 0 Å². The monoisotopic (exact) mass is 155 g/mol. The molecule has 0 aliphatic rings. The zero-order valence-corrected chi connectivity index (χ0v) is 7.23. The van der Waals surface area contributed by atoms with Crippen molar-refractivity contribution in [1.29, 1.82) is 0 Å². The molecule has 2 heteroatoms. The summed E-state index contributed by atoms with van der Waals surface area (Å²) in [4.78, 5) is 11.0. The maximum atomic E-state index is 11.0. The van der Waals surface area contributed by atoms with Gasteiger partial charge < -0.3 is 5.32 Å². The van der Waals surface area contributed by atoms with Crippen molar-refractivity contribution in [1.82, 2.24) is 5.32 Å². The first-order valence-electron chi connectivity index (χ1n) is 4.08. The molecule has 64 valence electrons. The van der Waals surface area contributed by atoms with Gasteiger partial charge in [0.25, 0.3) is 0 Å². The number of carbonyl (C=O) groups is 1. The zero-order valence-electron chi connectivity index (χ0n) is 7.23. The van der Waals surface area contributed by atoms with Crippen LogP contribution in [0.5, 0.6) is 0 Å². The molecule has 0 aromatic carbocycles. The molecule has 0 aliphatic carbocycles. The highest BCUT2D eigenvalue weighted by Gasteiger charge is 1.98. The van der Waals surface area contributed by atoms with Crippen molar-refractivity contribution < 1.29 is 4.79 Å². The van der Waals surface area contributed by atoms with E-state index in [-0.39, 0.29) is 0 Å². The van der Waals surface area contributed by atoms with Gasteiger partial charge in [0.1, 0.15) is 5.78 Å². The Kier molecular flexibility index (Phi) is 7.05. The van der Waals surface area contributed by atoms with Gasteiger partial charge >= 0.3 is 0 Å². The number of ketones is 1. The van der Waals surface area contributed by atoms with Crippen LogP contribution < -0.4 is 5.32 Å². The van der Waals surface area contributed by atoms with Crippen molar-refractivity contribution in [2.75, 3.05) is 13.6 Å². The van der Waals surface area contributed by atoms with E-state index in [2.05, 4.69) is 11.9 Å². The first kappa shape index (κ1) is 10.4. The van der Waals surface area contributed by atoms with Crippen molar-refractivity contribution in [2.45, 2.75) is 25.7 Å². The lowest BCUT2D eigenvalue weighted by molar-refractivity contribution is -0.119. The minimum absolute atomic E-state index is 0.347. The average Bonchev–Trinajstić information content (AvgIpc) is 2.01.